The lowest BCUT2D eigenvalue weighted by molar-refractivity contribution is 0.0986. The lowest BCUT2D eigenvalue weighted by atomic mass is 9.96. The Labute approximate surface area is 187 Å². The fraction of sp³-hybridized carbons (Fsp3) is 0.320. The van der Waals surface area contributed by atoms with Gasteiger partial charge in [0.2, 0.25) is 0 Å². The van der Waals surface area contributed by atoms with Gasteiger partial charge in [-0.2, -0.15) is 5.10 Å². The molecule has 1 saturated heterocycles. The number of anilines is 1. The maximum atomic E-state index is 5.67. The number of fused-ring (bicyclic) bond motifs is 1. The average Bonchev–Trinajstić information content (AvgIpc) is 3.34. The molecule has 4 heterocycles. The molecule has 164 valence electrons. The van der Waals surface area contributed by atoms with Crippen LogP contribution in [0.3, 0.4) is 0 Å². The molecule has 1 N–H and O–H groups in total. The number of aromatic amines is 1. The highest BCUT2D eigenvalue weighted by atomic mass is 16.5. The van der Waals surface area contributed by atoms with E-state index in [1.54, 1.807) is 13.3 Å². The first-order chi connectivity index (χ1) is 15.7. The summed E-state index contributed by atoms with van der Waals surface area (Å²) in [7, 11) is 1.72. The molecule has 5 rings (SSSR count). The van der Waals surface area contributed by atoms with Gasteiger partial charge in [-0.15, -0.1) is 0 Å². The van der Waals surface area contributed by atoms with Crippen LogP contribution in [0.5, 0.6) is 0 Å². The van der Waals surface area contributed by atoms with Crippen molar-refractivity contribution in [3.05, 3.63) is 59.9 Å². The van der Waals surface area contributed by atoms with E-state index in [0.29, 0.717) is 19.8 Å². The summed E-state index contributed by atoms with van der Waals surface area (Å²) in [4.78, 5) is 12.2. The third kappa shape index (κ3) is 3.74. The van der Waals surface area contributed by atoms with Gasteiger partial charge in [0.25, 0.3) is 0 Å². The second-order valence-electron chi connectivity index (χ2n) is 8.26. The van der Waals surface area contributed by atoms with Crippen LogP contribution in [-0.2, 0) is 16.1 Å². The van der Waals surface area contributed by atoms with Crippen LogP contribution in [-0.4, -0.2) is 53.1 Å². The lowest BCUT2D eigenvalue weighted by Gasteiger charge is -2.34. The number of hydrogen-bond acceptors (Lipinski definition) is 6. The van der Waals surface area contributed by atoms with E-state index in [1.807, 2.05) is 12.3 Å². The first kappa shape index (κ1) is 20.6. The number of aromatic nitrogens is 4. The number of hydrogen-bond donors (Lipinski definition) is 1. The summed E-state index contributed by atoms with van der Waals surface area (Å²) >= 11 is 0. The molecule has 32 heavy (non-hydrogen) atoms. The van der Waals surface area contributed by atoms with Gasteiger partial charge in [-0.3, -0.25) is 10.1 Å². The van der Waals surface area contributed by atoms with Gasteiger partial charge in [0.15, 0.2) is 0 Å². The van der Waals surface area contributed by atoms with Gasteiger partial charge >= 0.3 is 0 Å². The van der Waals surface area contributed by atoms with E-state index in [0.717, 1.165) is 56.9 Å². The number of H-pyrrole nitrogens is 1. The van der Waals surface area contributed by atoms with Crippen molar-refractivity contribution in [2.24, 2.45) is 0 Å². The quantitative estimate of drug-likeness (QED) is 0.508. The third-order valence-corrected chi connectivity index (χ3v) is 6.01. The van der Waals surface area contributed by atoms with Crippen LogP contribution < -0.4 is 4.90 Å². The van der Waals surface area contributed by atoms with E-state index < -0.39 is 0 Å². The summed E-state index contributed by atoms with van der Waals surface area (Å²) in [6.07, 6.45) is 3.66. The summed E-state index contributed by atoms with van der Waals surface area (Å²) in [5, 5.41) is 8.29. The van der Waals surface area contributed by atoms with Crippen molar-refractivity contribution >= 4 is 16.7 Å². The summed E-state index contributed by atoms with van der Waals surface area (Å²) in [6.45, 7) is 7.07. The number of morpholine rings is 1. The number of nitrogens with zero attached hydrogens (tertiary/aromatic N) is 4. The van der Waals surface area contributed by atoms with Crippen LogP contribution in [0.4, 0.5) is 5.82 Å². The van der Waals surface area contributed by atoms with Gasteiger partial charge in [-0.25, -0.2) is 4.98 Å². The molecule has 0 radical (unpaired) electrons. The second kappa shape index (κ2) is 8.68. The standard InChI is InChI=1S/C25H27N5O2/c1-16-13-26-24(21-8-9-27-29-21)25-23(16)20(19-6-4-18(5-7-19)15-31-3)12-22(28-25)30-10-11-32-14-17(30)2/h4-9,12-13,17H,10-11,14-15H2,1-3H3,(H,27,29). The lowest BCUT2D eigenvalue weighted by Crippen LogP contribution is -2.44. The molecule has 7 nitrogen and oxygen atoms in total. The van der Waals surface area contributed by atoms with Crippen LogP contribution in [0.2, 0.25) is 0 Å². The number of nitrogens with one attached hydrogen (secondary N) is 1. The van der Waals surface area contributed by atoms with Gasteiger partial charge in [-0.1, -0.05) is 24.3 Å². The van der Waals surface area contributed by atoms with Gasteiger partial charge in [0, 0.05) is 31.4 Å². The predicted molar refractivity (Wildman–Crippen MR) is 126 cm³/mol. The third-order valence-electron chi connectivity index (χ3n) is 6.01. The number of benzene rings is 1. The van der Waals surface area contributed by atoms with Crippen molar-refractivity contribution in [3.63, 3.8) is 0 Å². The maximum Gasteiger partial charge on any atom is 0.130 e. The molecular weight excluding hydrogens is 402 g/mol. The summed E-state index contributed by atoms with van der Waals surface area (Å²) in [5.74, 6) is 0.942. The van der Waals surface area contributed by atoms with Gasteiger partial charge in [0.05, 0.1) is 31.6 Å². The van der Waals surface area contributed by atoms with Crippen molar-refractivity contribution in [3.8, 4) is 22.5 Å². The van der Waals surface area contributed by atoms with Crippen molar-refractivity contribution < 1.29 is 9.47 Å². The molecule has 7 heteroatoms. The minimum atomic E-state index is 0.249. The first-order valence-electron chi connectivity index (χ1n) is 10.9. The summed E-state index contributed by atoms with van der Waals surface area (Å²) in [5.41, 5.74) is 7.07. The zero-order valence-corrected chi connectivity index (χ0v) is 18.6. The van der Waals surface area contributed by atoms with Crippen molar-refractivity contribution in [1.82, 2.24) is 20.2 Å². The number of aryl methyl sites for hydroxylation is 1. The van der Waals surface area contributed by atoms with E-state index >= 15 is 0 Å². The molecule has 0 aliphatic carbocycles. The van der Waals surface area contributed by atoms with Crippen molar-refractivity contribution in [2.45, 2.75) is 26.5 Å². The van der Waals surface area contributed by atoms with E-state index in [2.05, 4.69) is 59.3 Å². The Morgan fingerprint density at radius 2 is 2.06 bits per heavy atom. The van der Waals surface area contributed by atoms with Crippen LogP contribution in [0.15, 0.2) is 48.8 Å². The highest BCUT2D eigenvalue weighted by molar-refractivity contribution is 6.03. The number of ether oxygens (including phenoxy) is 2. The van der Waals surface area contributed by atoms with E-state index in [9.17, 15) is 0 Å². The van der Waals surface area contributed by atoms with E-state index in [-0.39, 0.29) is 6.04 Å². The molecule has 1 aromatic carbocycles. The molecule has 1 fully saturated rings. The Kier molecular flexibility index (Phi) is 5.59. The predicted octanol–water partition coefficient (Wildman–Crippen LogP) is 4.37. The highest BCUT2D eigenvalue weighted by Gasteiger charge is 2.23. The van der Waals surface area contributed by atoms with Crippen molar-refractivity contribution in [2.75, 3.05) is 31.8 Å². The molecule has 1 unspecified atom stereocenters. The molecule has 0 amide bonds. The molecule has 0 saturated carbocycles. The highest BCUT2D eigenvalue weighted by Crippen LogP contribution is 2.37. The Morgan fingerprint density at radius 1 is 1.22 bits per heavy atom. The Balaban J connectivity index is 1.76. The Morgan fingerprint density at radius 3 is 2.78 bits per heavy atom. The zero-order chi connectivity index (χ0) is 22.1. The molecule has 0 bridgehead atoms. The molecule has 4 aromatic rings. The minimum absolute atomic E-state index is 0.249. The first-order valence-corrected chi connectivity index (χ1v) is 10.9. The van der Waals surface area contributed by atoms with Crippen LogP contribution in [0.1, 0.15) is 18.1 Å². The topological polar surface area (TPSA) is 76.2 Å². The van der Waals surface area contributed by atoms with Crippen LogP contribution >= 0.6 is 0 Å². The van der Waals surface area contributed by atoms with Gasteiger partial charge in [-0.05, 0) is 48.2 Å². The zero-order valence-electron chi connectivity index (χ0n) is 18.6. The average molecular weight is 430 g/mol. The van der Waals surface area contributed by atoms with Gasteiger partial charge < -0.3 is 14.4 Å². The fourth-order valence-electron chi connectivity index (χ4n) is 4.36. The normalized spacial score (nSPS) is 16.6. The summed E-state index contributed by atoms with van der Waals surface area (Å²) in [6, 6.07) is 12.9. The summed E-state index contributed by atoms with van der Waals surface area (Å²) < 4.78 is 11.0. The SMILES string of the molecule is COCc1ccc(-c2cc(N3CCOCC3C)nc3c(-c4ccn[nH]4)ncc(C)c23)cc1. The maximum absolute atomic E-state index is 5.67. The molecule has 1 aliphatic heterocycles. The smallest absolute Gasteiger partial charge is 0.130 e. The van der Waals surface area contributed by atoms with E-state index in [4.69, 9.17) is 19.4 Å². The van der Waals surface area contributed by atoms with Crippen LogP contribution in [0, 0.1) is 6.92 Å². The number of methoxy groups -OCH3 is 1. The molecule has 1 aliphatic rings. The molecular formula is C25H27N5O2. The van der Waals surface area contributed by atoms with Crippen molar-refractivity contribution in [1.29, 1.82) is 0 Å². The fourth-order valence-corrected chi connectivity index (χ4v) is 4.36. The monoisotopic (exact) mass is 429 g/mol. The molecule has 0 spiro atoms. The number of pyridine rings is 2. The van der Waals surface area contributed by atoms with Gasteiger partial charge in [0.1, 0.15) is 17.0 Å². The van der Waals surface area contributed by atoms with Crippen LogP contribution in [0.25, 0.3) is 33.4 Å². The Bertz CT molecular complexity index is 1220. The molecule has 3 aromatic heterocycles. The minimum Gasteiger partial charge on any atom is -0.380 e. The second-order valence-corrected chi connectivity index (χ2v) is 8.26. The Hall–Kier alpha value is -3.29. The largest absolute Gasteiger partial charge is 0.380 e. The molecule has 1 atom stereocenters. The number of rotatable bonds is 5. The van der Waals surface area contributed by atoms with E-state index in [1.165, 1.54) is 0 Å².